The van der Waals surface area contributed by atoms with Crippen molar-refractivity contribution in [3.05, 3.63) is 0 Å². The smallest absolute Gasteiger partial charge is 0.296 e. The molecular weight excluding hydrogens is 424 g/mol. The Hall–Kier alpha value is 0.660. The van der Waals surface area contributed by atoms with Crippen LogP contribution in [0.3, 0.4) is 0 Å². The Balaban J connectivity index is 1.30. The van der Waals surface area contributed by atoms with E-state index in [1.165, 1.54) is 0 Å². The zero-order chi connectivity index (χ0) is 17.8. The average molecular weight is 441 g/mol. The van der Waals surface area contributed by atoms with E-state index in [4.69, 9.17) is 47.4 Å². The Kier molecular flexibility index (Phi) is 4.82. The molecule has 0 aromatic carbocycles. The van der Waals surface area contributed by atoms with Crippen molar-refractivity contribution in [2.45, 2.75) is 0 Å². The van der Waals surface area contributed by atoms with Gasteiger partial charge in [-0.1, -0.05) is 0 Å². The molecule has 6 aliphatic heterocycles. The molecule has 0 unspecified atom stereocenters. The van der Waals surface area contributed by atoms with Gasteiger partial charge >= 0.3 is 22.6 Å². The van der Waals surface area contributed by atoms with Crippen LogP contribution in [-0.4, -0.2) is 52.9 Å². The van der Waals surface area contributed by atoms with Crippen LogP contribution in [0, 0.1) is 10.8 Å². The lowest BCUT2D eigenvalue weighted by Crippen LogP contribution is -2.48. The molecule has 0 aromatic heterocycles. The summed E-state index contributed by atoms with van der Waals surface area (Å²) in [5, 5.41) is 0. The molecule has 0 N–H and O–H groups in total. The molecule has 6 heterocycles. The van der Waals surface area contributed by atoms with Gasteiger partial charge in [0.25, 0.3) is 0 Å². The van der Waals surface area contributed by atoms with Crippen molar-refractivity contribution < 1.29 is 49.9 Å². The van der Waals surface area contributed by atoms with Gasteiger partial charge in [0.1, 0.15) is 0 Å². The molecule has 11 nitrogen and oxygen atoms in total. The Morgan fingerprint density at radius 3 is 1.32 bits per heavy atom. The third-order valence-electron chi connectivity index (χ3n) is 4.22. The zero-order valence-corrected chi connectivity index (χ0v) is 16.3. The van der Waals surface area contributed by atoms with E-state index in [-0.39, 0.29) is 52.9 Å². The van der Waals surface area contributed by atoms with E-state index in [1.54, 1.807) is 0 Å². The maximum atomic E-state index is 12.3. The van der Waals surface area contributed by atoms with Crippen LogP contribution in [0.2, 0.25) is 0 Å². The van der Waals surface area contributed by atoms with E-state index in [0.717, 1.165) is 0 Å². The highest BCUT2D eigenvalue weighted by atomic mass is 35.7. The summed E-state index contributed by atoms with van der Waals surface area (Å²) in [5.74, 6) is 0. The summed E-state index contributed by atoms with van der Waals surface area (Å²) >= 11 is 5.85. The molecular formula is C10H16ClO11P3. The minimum atomic E-state index is -3.94. The molecule has 15 heteroatoms. The lowest BCUT2D eigenvalue weighted by molar-refractivity contribution is -0.117. The second-order valence-electron chi connectivity index (χ2n) is 6.51. The topological polar surface area (TPSA) is 125 Å². The number of hydrogen-bond donors (Lipinski definition) is 0. The third kappa shape index (κ3) is 3.94. The van der Waals surface area contributed by atoms with Crippen molar-refractivity contribution in [2.24, 2.45) is 10.8 Å². The summed E-state index contributed by atoms with van der Waals surface area (Å²) < 4.78 is 76.3. The second kappa shape index (κ2) is 6.34. The summed E-state index contributed by atoms with van der Waals surface area (Å²) in [4.78, 5) is 0. The lowest BCUT2D eigenvalue weighted by Gasteiger charge is -2.44. The average Bonchev–Trinajstić information content (AvgIpc) is 2.62. The Morgan fingerprint density at radius 1 is 0.760 bits per heavy atom. The lowest BCUT2D eigenvalue weighted by atomic mass is 9.93. The Bertz CT molecular complexity index is 581. The molecule has 25 heavy (non-hydrogen) atoms. The molecule has 0 aromatic rings. The quantitative estimate of drug-likeness (QED) is 0.566. The molecule has 6 aliphatic rings. The van der Waals surface area contributed by atoms with Crippen molar-refractivity contribution in [3.63, 3.8) is 0 Å². The fourth-order valence-electron chi connectivity index (χ4n) is 2.48. The van der Waals surface area contributed by atoms with E-state index < -0.39 is 33.4 Å². The predicted molar refractivity (Wildman–Crippen MR) is 81.2 cm³/mol. The van der Waals surface area contributed by atoms with E-state index in [9.17, 15) is 13.7 Å². The fourth-order valence-corrected chi connectivity index (χ4v) is 6.75. The van der Waals surface area contributed by atoms with Gasteiger partial charge in [0.2, 0.25) is 0 Å². The first-order chi connectivity index (χ1) is 11.7. The summed E-state index contributed by atoms with van der Waals surface area (Å²) in [6, 6.07) is 0. The van der Waals surface area contributed by atoms with E-state index >= 15 is 0 Å². The number of rotatable bonds is 6. The van der Waals surface area contributed by atoms with Gasteiger partial charge in [0.05, 0.1) is 63.7 Å². The molecule has 6 fully saturated rings. The van der Waals surface area contributed by atoms with Gasteiger partial charge in [-0.3, -0.25) is 36.2 Å². The number of phosphoric ester groups is 2. The van der Waals surface area contributed by atoms with E-state index in [1.807, 2.05) is 0 Å². The number of fused-ring (bicyclic) bond motifs is 6. The molecule has 6 rings (SSSR count). The molecule has 0 aliphatic carbocycles. The summed E-state index contributed by atoms with van der Waals surface area (Å²) in [7, 11) is -6.87. The van der Waals surface area contributed by atoms with Crippen molar-refractivity contribution in [3.8, 4) is 0 Å². The first-order valence-electron chi connectivity index (χ1n) is 7.32. The van der Waals surface area contributed by atoms with Crippen LogP contribution in [0.5, 0.6) is 0 Å². The van der Waals surface area contributed by atoms with Crippen LogP contribution in [0.25, 0.3) is 0 Å². The van der Waals surface area contributed by atoms with Crippen molar-refractivity contribution >= 4 is 33.8 Å². The van der Waals surface area contributed by atoms with Crippen LogP contribution in [0.1, 0.15) is 0 Å². The van der Waals surface area contributed by atoms with Gasteiger partial charge in [-0.05, 0) is 0 Å². The molecule has 0 spiro atoms. The largest absolute Gasteiger partial charge is 0.474 e. The van der Waals surface area contributed by atoms with Gasteiger partial charge < -0.3 is 0 Å². The van der Waals surface area contributed by atoms with Crippen LogP contribution < -0.4 is 0 Å². The van der Waals surface area contributed by atoms with Crippen LogP contribution in [0.4, 0.5) is 0 Å². The third-order valence-corrected chi connectivity index (χ3v) is 8.36. The van der Waals surface area contributed by atoms with Crippen LogP contribution in [0.15, 0.2) is 0 Å². The SMILES string of the molecule is O=P(Cl)(OCC12COP(=O)(OC1)OC2)OCC12COP(=O)(OC1)OC2. The molecule has 0 saturated carbocycles. The fraction of sp³-hybridized carbons (Fsp3) is 1.00. The zero-order valence-electron chi connectivity index (χ0n) is 12.9. The number of hydrogen-bond acceptors (Lipinski definition) is 11. The normalized spacial score (nSPS) is 48.4. The van der Waals surface area contributed by atoms with Gasteiger partial charge in [0.15, 0.2) is 0 Å². The summed E-state index contributed by atoms with van der Waals surface area (Å²) in [6.45, 7) is -3.71. The molecule has 144 valence electrons. The second-order valence-corrected chi connectivity index (χ2v) is 12.5. The van der Waals surface area contributed by atoms with Crippen molar-refractivity contribution in [2.75, 3.05) is 52.9 Å². The summed E-state index contributed by atoms with van der Waals surface area (Å²) in [6.07, 6.45) is 0. The molecule has 0 amide bonds. The number of halogens is 1. The molecule has 0 radical (unpaired) electrons. The van der Waals surface area contributed by atoms with Crippen molar-refractivity contribution in [1.82, 2.24) is 0 Å². The summed E-state index contributed by atoms with van der Waals surface area (Å²) in [5.41, 5.74) is -1.51. The minimum absolute atomic E-state index is 0.0793. The standard InChI is InChI=1S/C10H16ClO11P3/c11-23(12,15-1-9-3-17-24(13,18-4-9)19-5-9)16-2-10-6-20-25(14,21-7-10)22-8-10/h1-8H2. The van der Waals surface area contributed by atoms with E-state index in [0.29, 0.717) is 0 Å². The van der Waals surface area contributed by atoms with Crippen molar-refractivity contribution in [1.29, 1.82) is 0 Å². The predicted octanol–water partition coefficient (Wildman–Crippen LogP) is 2.71. The Morgan fingerprint density at radius 2 is 1.04 bits per heavy atom. The van der Waals surface area contributed by atoms with Crippen LogP contribution >= 0.6 is 33.8 Å². The van der Waals surface area contributed by atoms with E-state index in [2.05, 4.69) is 0 Å². The highest BCUT2D eigenvalue weighted by molar-refractivity contribution is 7.81. The first kappa shape index (κ1) is 19.0. The molecule has 6 saturated heterocycles. The monoisotopic (exact) mass is 440 g/mol. The van der Waals surface area contributed by atoms with Gasteiger partial charge in [-0.2, -0.15) is 0 Å². The number of phosphoric acid groups is 2. The highest BCUT2D eigenvalue weighted by Gasteiger charge is 2.53. The Labute approximate surface area is 148 Å². The maximum absolute atomic E-state index is 12.3. The van der Waals surface area contributed by atoms with Gasteiger partial charge in [0, 0.05) is 11.2 Å². The first-order valence-corrected chi connectivity index (χ1v) is 12.7. The molecule has 4 bridgehead atoms. The minimum Gasteiger partial charge on any atom is -0.296 e. The van der Waals surface area contributed by atoms with Gasteiger partial charge in [-0.25, -0.2) is 13.7 Å². The maximum Gasteiger partial charge on any atom is 0.474 e. The highest BCUT2D eigenvalue weighted by Crippen LogP contribution is 2.63. The van der Waals surface area contributed by atoms with Gasteiger partial charge in [-0.15, -0.1) is 0 Å². The molecule has 0 atom stereocenters. The van der Waals surface area contributed by atoms with Crippen LogP contribution in [-0.2, 0) is 49.9 Å².